The van der Waals surface area contributed by atoms with Gasteiger partial charge in [0.25, 0.3) is 0 Å². The highest BCUT2D eigenvalue weighted by Crippen LogP contribution is 2.26. The summed E-state index contributed by atoms with van der Waals surface area (Å²) in [5, 5.41) is 1.23. The van der Waals surface area contributed by atoms with E-state index in [1.165, 1.54) is 28.2 Å². The Morgan fingerprint density at radius 1 is 0.920 bits per heavy atom. The molecule has 0 amide bonds. The van der Waals surface area contributed by atoms with Crippen molar-refractivity contribution in [3.63, 3.8) is 0 Å². The lowest BCUT2D eigenvalue weighted by molar-refractivity contribution is 0.203. The van der Waals surface area contributed by atoms with Crippen molar-refractivity contribution in [3.8, 4) is 0 Å². The van der Waals surface area contributed by atoms with E-state index in [9.17, 15) is 0 Å². The van der Waals surface area contributed by atoms with Crippen molar-refractivity contribution in [2.24, 2.45) is 0 Å². The summed E-state index contributed by atoms with van der Waals surface area (Å²) in [5.74, 6) is 0.544. The van der Waals surface area contributed by atoms with Gasteiger partial charge in [-0.15, -0.1) is 11.3 Å². The number of fused-ring (bicyclic) bond motifs is 2. The standard InChI is InChI=1S/C12H17N.C10H11NS/c1-10(2)13-8-7-11-5-3-4-6-12(11)9-13;1-7(2)10-11-8-5-3-4-6-9(8)12-10/h3-6,10H,7-9H2,1-2H3;3-7H,1-2H3. The van der Waals surface area contributed by atoms with Crippen molar-refractivity contribution in [2.75, 3.05) is 6.54 Å². The van der Waals surface area contributed by atoms with E-state index in [2.05, 4.69) is 80.0 Å². The van der Waals surface area contributed by atoms with Crippen LogP contribution < -0.4 is 0 Å². The van der Waals surface area contributed by atoms with Crippen LogP contribution in [0.3, 0.4) is 0 Å². The largest absolute Gasteiger partial charge is 0.296 e. The van der Waals surface area contributed by atoms with Crippen molar-refractivity contribution >= 4 is 21.6 Å². The van der Waals surface area contributed by atoms with Gasteiger partial charge >= 0.3 is 0 Å². The molecule has 0 N–H and O–H groups in total. The Balaban J connectivity index is 0.000000146. The first-order valence-corrected chi connectivity index (χ1v) is 10.0. The normalized spacial score (nSPS) is 14.5. The average Bonchev–Trinajstić information content (AvgIpc) is 3.06. The number of rotatable bonds is 2. The molecule has 0 radical (unpaired) electrons. The van der Waals surface area contributed by atoms with E-state index in [0.29, 0.717) is 12.0 Å². The molecule has 2 heterocycles. The maximum Gasteiger partial charge on any atom is 0.0963 e. The molecule has 2 nitrogen and oxygen atoms in total. The van der Waals surface area contributed by atoms with Crippen LogP contribution in [0.25, 0.3) is 10.2 Å². The molecule has 3 aromatic rings. The van der Waals surface area contributed by atoms with Crippen LogP contribution in [0.5, 0.6) is 0 Å². The van der Waals surface area contributed by atoms with Crippen molar-refractivity contribution in [1.82, 2.24) is 9.88 Å². The van der Waals surface area contributed by atoms with Gasteiger partial charge in [-0.2, -0.15) is 0 Å². The molecule has 0 fully saturated rings. The molecular weight excluding hydrogens is 324 g/mol. The summed E-state index contributed by atoms with van der Waals surface area (Å²) in [7, 11) is 0. The third kappa shape index (κ3) is 4.47. The molecule has 0 aliphatic carbocycles. The number of hydrogen-bond donors (Lipinski definition) is 0. The van der Waals surface area contributed by atoms with Gasteiger partial charge in [-0.3, -0.25) is 4.90 Å². The topological polar surface area (TPSA) is 16.1 Å². The van der Waals surface area contributed by atoms with Gasteiger partial charge in [-0.05, 0) is 43.5 Å². The van der Waals surface area contributed by atoms with E-state index in [1.54, 1.807) is 16.9 Å². The van der Waals surface area contributed by atoms with Crippen LogP contribution in [0, 0.1) is 0 Å². The predicted octanol–water partition coefficient (Wildman–Crippen LogP) is 5.87. The third-order valence-electron chi connectivity index (χ3n) is 4.69. The molecule has 132 valence electrons. The van der Waals surface area contributed by atoms with Gasteiger partial charge in [0.2, 0.25) is 0 Å². The molecule has 1 aliphatic heterocycles. The fourth-order valence-electron chi connectivity index (χ4n) is 3.10. The predicted molar refractivity (Wildman–Crippen MR) is 109 cm³/mol. The fourth-order valence-corrected chi connectivity index (χ4v) is 4.07. The van der Waals surface area contributed by atoms with Crippen molar-refractivity contribution in [2.45, 2.75) is 52.6 Å². The summed E-state index contributed by atoms with van der Waals surface area (Å²) in [6.45, 7) is 11.2. The molecule has 0 saturated carbocycles. The minimum absolute atomic E-state index is 0.544. The van der Waals surface area contributed by atoms with Gasteiger partial charge in [-0.25, -0.2) is 4.98 Å². The summed E-state index contributed by atoms with van der Waals surface area (Å²) in [5.41, 5.74) is 4.19. The van der Waals surface area contributed by atoms with Crippen LogP contribution in [-0.2, 0) is 13.0 Å². The summed E-state index contributed by atoms with van der Waals surface area (Å²) in [6.07, 6.45) is 1.22. The Morgan fingerprint density at radius 2 is 1.60 bits per heavy atom. The van der Waals surface area contributed by atoms with Crippen LogP contribution in [0.4, 0.5) is 0 Å². The second-order valence-electron chi connectivity index (χ2n) is 7.26. The van der Waals surface area contributed by atoms with E-state index in [4.69, 9.17) is 0 Å². The van der Waals surface area contributed by atoms with Crippen LogP contribution in [0.15, 0.2) is 48.5 Å². The highest BCUT2D eigenvalue weighted by atomic mass is 32.1. The number of thiazole rings is 1. The highest BCUT2D eigenvalue weighted by molar-refractivity contribution is 7.18. The first-order valence-electron chi connectivity index (χ1n) is 9.21. The Kier molecular flexibility index (Phi) is 5.87. The summed E-state index contributed by atoms with van der Waals surface area (Å²) in [6, 6.07) is 17.8. The van der Waals surface area contributed by atoms with E-state index in [0.717, 1.165) is 12.1 Å². The molecule has 25 heavy (non-hydrogen) atoms. The van der Waals surface area contributed by atoms with Crippen LogP contribution in [0.2, 0.25) is 0 Å². The van der Waals surface area contributed by atoms with Crippen LogP contribution in [0.1, 0.15) is 49.7 Å². The number of benzene rings is 2. The van der Waals surface area contributed by atoms with E-state index in [1.807, 2.05) is 6.07 Å². The number of hydrogen-bond acceptors (Lipinski definition) is 3. The zero-order valence-corrected chi connectivity index (χ0v) is 16.5. The van der Waals surface area contributed by atoms with Gasteiger partial charge in [0, 0.05) is 25.0 Å². The van der Waals surface area contributed by atoms with E-state index in [-0.39, 0.29) is 0 Å². The monoisotopic (exact) mass is 352 g/mol. The molecule has 0 unspecified atom stereocenters. The van der Waals surface area contributed by atoms with Crippen molar-refractivity contribution < 1.29 is 0 Å². The number of para-hydroxylation sites is 1. The number of nitrogens with zero attached hydrogens (tertiary/aromatic N) is 2. The maximum absolute atomic E-state index is 4.53. The second kappa shape index (κ2) is 8.11. The van der Waals surface area contributed by atoms with Gasteiger partial charge < -0.3 is 0 Å². The lowest BCUT2D eigenvalue weighted by atomic mass is 9.99. The van der Waals surface area contributed by atoms with E-state index >= 15 is 0 Å². The molecule has 2 aromatic carbocycles. The molecule has 3 heteroatoms. The smallest absolute Gasteiger partial charge is 0.0963 e. The Labute approximate surface area is 155 Å². The molecule has 0 saturated heterocycles. The van der Waals surface area contributed by atoms with Gasteiger partial charge in [-0.1, -0.05) is 50.2 Å². The molecule has 0 bridgehead atoms. The first kappa shape index (κ1) is 18.1. The van der Waals surface area contributed by atoms with Gasteiger partial charge in [0.15, 0.2) is 0 Å². The maximum atomic E-state index is 4.53. The third-order valence-corrected chi connectivity index (χ3v) is 6.03. The molecule has 0 spiro atoms. The number of aromatic nitrogens is 1. The minimum Gasteiger partial charge on any atom is -0.296 e. The highest BCUT2D eigenvalue weighted by Gasteiger charge is 2.17. The van der Waals surface area contributed by atoms with Gasteiger partial charge in [0.05, 0.1) is 15.2 Å². The Bertz CT molecular complexity index is 787. The lowest BCUT2D eigenvalue weighted by Crippen LogP contribution is -2.35. The Morgan fingerprint density at radius 3 is 2.28 bits per heavy atom. The Hall–Kier alpha value is -1.71. The van der Waals surface area contributed by atoms with Crippen molar-refractivity contribution in [3.05, 3.63) is 64.7 Å². The average molecular weight is 353 g/mol. The van der Waals surface area contributed by atoms with Crippen molar-refractivity contribution in [1.29, 1.82) is 0 Å². The molecule has 1 aromatic heterocycles. The second-order valence-corrected chi connectivity index (χ2v) is 8.32. The van der Waals surface area contributed by atoms with E-state index < -0.39 is 0 Å². The summed E-state index contributed by atoms with van der Waals surface area (Å²) in [4.78, 5) is 7.06. The fraction of sp³-hybridized carbons (Fsp3) is 0.409. The molecule has 0 atom stereocenters. The quantitative estimate of drug-likeness (QED) is 0.573. The van der Waals surface area contributed by atoms with Gasteiger partial charge in [0.1, 0.15) is 0 Å². The zero-order chi connectivity index (χ0) is 17.8. The minimum atomic E-state index is 0.544. The molecule has 4 rings (SSSR count). The summed E-state index contributed by atoms with van der Waals surface area (Å²) >= 11 is 1.79. The first-order chi connectivity index (χ1) is 12.0. The summed E-state index contributed by atoms with van der Waals surface area (Å²) < 4.78 is 1.29. The zero-order valence-electron chi connectivity index (χ0n) is 15.7. The lowest BCUT2D eigenvalue weighted by Gasteiger charge is -2.31. The molecule has 1 aliphatic rings. The van der Waals surface area contributed by atoms with Crippen LogP contribution in [-0.4, -0.2) is 22.5 Å². The van der Waals surface area contributed by atoms with Crippen LogP contribution >= 0.6 is 11.3 Å². The molecular formula is C22H28N2S. The SMILES string of the molecule is CC(C)N1CCc2ccccc2C1.CC(C)c1nc2ccccc2s1.